The van der Waals surface area contributed by atoms with Crippen LogP contribution in [-0.2, 0) is 24.2 Å². The summed E-state index contributed by atoms with van der Waals surface area (Å²) in [4.78, 5) is 22.6. The van der Waals surface area contributed by atoms with Crippen LogP contribution < -0.4 is 10.5 Å². The molecule has 2 N–H and O–H groups in total. The average Bonchev–Trinajstić information content (AvgIpc) is 2.56. The summed E-state index contributed by atoms with van der Waals surface area (Å²) in [5.41, 5.74) is 8.53. The van der Waals surface area contributed by atoms with Crippen LogP contribution in [0.5, 0.6) is 5.75 Å². The molecule has 6 heteroatoms. The van der Waals surface area contributed by atoms with Gasteiger partial charge in [0.25, 0.3) is 0 Å². The van der Waals surface area contributed by atoms with E-state index in [1.165, 1.54) is 0 Å². The number of nitrogen functional groups attached to an aromatic ring is 1. The fourth-order valence-electron chi connectivity index (χ4n) is 2.69. The highest BCUT2D eigenvalue weighted by molar-refractivity contribution is 5.79. The molecule has 0 fully saturated rings. The minimum absolute atomic E-state index is 0.0944. The Morgan fingerprint density at radius 2 is 2.13 bits per heavy atom. The zero-order chi connectivity index (χ0) is 16.2. The molecule has 0 radical (unpaired) electrons. The van der Waals surface area contributed by atoms with E-state index in [0.29, 0.717) is 26.1 Å². The maximum atomic E-state index is 12.5. The third-order valence-electron chi connectivity index (χ3n) is 3.91. The maximum absolute atomic E-state index is 12.5. The molecule has 0 bridgehead atoms. The van der Waals surface area contributed by atoms with Crippen molar-refractivity contribution in [3.63, 3.8) is 0 Å². The summed E-state index contributed by atoms with van der Waals surface area (Å²) in [6.45, 7) is 3.77. The van der Waals surface area contributed by atoms with Crippen molar-refractivity contribution >= 4 is 11.9 Å². The Morgan fingerprint density at radius 3 is 2.87 bits per heavy atom. The van der Waals surface area contributed by atoms with Crippen molar-refractivity contribution in [1.29, 1.82) is 0 Å². The van der Waals surface area contributed by atoms with Gasteiger partial charge in [-0.25, -0.2) is 9.97 Å². The molecule has 0 saturated carbocycles. The molecular weight excluding hydrogens is 292 g/mol. The number of hydrogen-bond acceptors (Lipinski definition) is 5. The van der Waals surface area contributed by atoms with Crippen LogP contribution in [0.2, 0.25) is 0 Å². The number of fused-ring (bicyclic) bond motifs is 1. The zero-order valence-electron chi connectivity index (χ0n) is 13.2. The largest absolute Gasteiger partial charge is 0.494 e. The Bertz CT molecular complexity index is 700. The number of amides is 1. The van der Waals surface area contributed by atoms with Gasteiger partial charge < -0.3 is 15.4 Å². The van der Waals surface area contributed by atoms with Crippen molar-refractivity contribution in [2.24, 2.45) is 0 Å². The number of carbonyl (C=O) groups is 1. The highest BCUT2D eigenvalue weighted by atomic mass is 16.5. The lowest BCUT2D eigenvalue weighted by Gasteiger charge is -2.28. The van der Waals surface area contributed by atoms with E-state index in [1.54, 1.807) is 6.20 Å². The Labute approximate surface area is 135 Å². The van der Waals surface area contributed by atoms with Gasteiger partial charge in [0.05, 0.1) is 25.3 Å². The molecule has 0 saturated heterocycles. The topological polar surface area (TPSA) is 81.3 Å². The number of ether oxygens (including phenoxy) is 1. The second-order valence-corrected chi connectivity index (χ2v) is 5.52. The second kappa shape index (κ2) is 6.64. The molecule has 120 valence electrons. The third-order valence-corrected chi connectivity index (χ3v) is 3.91. The molecule has 2 aromatic rings. The molecule has 1 amide bonds. The summed E-state index contributed by atoms with van der Waals surface area (Å²) in [6, 6.07) is 7.65. The molecule has 0 spiro atoms. The van der Waals surface area contributed by atoms with E-state index in [0.717, 1.165) is 29.0 Å². The van der Waals surface area contributed by atoms with Crippen molar-refractivity contribution in [3.8, 4) is 5.75 Å². The van der Waals surface area contributed by atoms with E-state index in [4.69, 9.17) is 10.5 Å². The summed E-state index contributed by atoms with van der Waals surface area (Å²) in [5, 5.41) is 0. The van der Waals surface area contributed by atoms with Crippen molar-refractivity contribution in [2.45, 2.75) is 26.3 Å². The number of aromatic nitrogens is 2. The number of carbonyl (C=O) groups excluding carboxylic acids is 1. The Kier molecular flexibility index (Phi) is 4.41. The molecule has 0 unspecified atom stereocenters. The van der Waals surface area contributed by atoms with E-state index < -0.39 is 0 Å². The highest BCUT2D eigenvalue weighted by Gasteiger charge is 2.22. The number of hydrogen-bond donors (Lipinski definition) is 1. The monoisotopic (exact) mass is 312 g/mol. The quantitative estimate of drug-likeness (QED) is 0.927. The van der Waals surface area contributed by atoms with E-state index in [2.05, 4.69) is 9.97 Å². The Balaban J connectivity index is 1.65. The zero-order valence-corrected chi connectivity index (χ0v) is 13.2. The lowest BCUT2D eigenvalue weighted by Crippen LogP contribution is -2.37. The fraction of sp³-hybridized carbons (Fsp3) is 0.353. The first-order valence-electron chi connectivity index (χ1n) is 7.75. The lowest BCUT2D eigenvalue weighted by atomic mass is 10.1. The van der Waals surface area contributed by atoms with Crippen LogP contribution in [0.25, 0.3) is 0 Å². The molecule has 2 heterocycles. The first-order chi connectivity index (χ1) is 11.2. The minimum Gasteiger partial charge on any atom is -0.494 e. The first-order valence-corrected chi connectivity index (χ1v) is 7.75. The normalized spacial score (nSPS) is 13.5. The van der Waals surface area contributed by atoms with Gasteiger partial charge in [0.1, 0.15) is 5.75 Å². The SMILES string of the molecule is CCOc1ccc(CC(=O)N2CCc3cnc(N)nc3C2)cc1. The number of nitrogens with two attached hydrogens (primary N) is 1. The van der Waals surface area contributed by atoms with E-state index in [1.807, 2.05) is 36.1 Å². The highest BCUT2D eigenvalue weighted by Crippen LogP contribution is 2.19. The predicted octanol–water partition coefficient (Wildman–Crippen LogP) is 1.58. The van der Waals surface area contributed by atoms with Crippen molar-refractivity contribution in [2.75, 3.05) is 18.9 Å². The third kappa shape index (κ3) is 3.59. The first kappa shape index (κ1) is 15.3. The number of anilines is 1. The van der Waals surface area contributed by atoms with Gasteiger partial charge in [-0.1, -0.05) is 12.1 Å². The van der Waals surface area contributed by atoms with E-state index in [-0.39, 0.29) is 11.9 Å². The van der Waals surface area contributed by atoms with Gasteiger partial charge in [0.15, 0.2) is 0 Å². The predicted molar refractivity (Wildman–Crippen MR) is 86.9 cm³/mol. The summed E-state index contributed by atoms with van der Waals surface area (Å²) >= 11 is 0. The van der Waals surface area contributed by atoms with E-state index in [9.17, 15) is 4.79 Å². The maximum Gasteiger partial charge on any atom is 0.227 e. The van der Waals surface area contributed by atoms with Gasteiger partial charge in [-0.05, 0) is 36.6 Å². The van der Waals surface area contributed by atoms with Gasteiger partial charge in [-0.15, -0.1) is 0 Å². The molecule has 1 aliphatic heterocycles. The van der Waals surface area contributed by atoms with E-state index >= 15 is 0 Å². The van der Waals surface area contributed by atoms with Crippen LogP contribution >= 0.6 is 0 Å². The lowest BCUT2D eigenvalue weighted by molar-refractivity contribution is -0.131. The van der Waals surface area contributed by atoms with Gasteiger partial charge >= 0.3 is 0 Å². The van der Waals surface area contributed by atoms with Crippen LogP contribution in [-0.4, -0.2) is 33.9 Å². The molecular formula is C17H20N4O2. The summed E-state index contributed by atoms with van der Waals surface area (Å²) in [6.07, 6.45) is 2.90. The molecule has 1 aromatic heterocycles. The van der Waals surface area contributed by atoms with Crippen molar-refractivity contribution < 1.29 is 9.53 Å². The van der Waals surface area contributed by atoms with Gasteiger partial charge in [-0.2, -0.15) is 0 Å². The van der Waals surface area contributed by atoms with Crippen LogP contribution in [0, 0.1) is 0 Å². The number of benzene rings is 1. The summed E-state index contributed by atoms with van der Waals surface area (Å²) in [7, 11) is 0. The molecule has 0 atom stereocenters. The smallest absolute Gasteiger partial charge is 0.227 e. The average molecular weight is 312 g/mol. The molecule has 6 nitrogen and oxygen atoms in total. The van der Waals surface area contributed by atoms with Crippen LogP contribution in [0.1, 0.15) is 23.7 Å². The molecule has 0 aliphatic carbocycles. The Hall–Kier alpha value is -2.63. The van der Waals surface area contributed by atoms with Crippen molar-refractivity contribution in [1.82, 2.24) is 14.9 Å². The molecule has 1 aromatic carbocycles. The van der Waals surface area contributed by atoms with Gasteiger partial charge in [0, 0.05) is 12.7 Å². The van der Waals surface area contributed by atoms with Crippen LogP contribution in [0.3, 0.4) is 0 Å². The fourth-order valence-corrected chi connectivity index (χ4v) is 2.69. The second-order valence-electron chi connectivity index (χ2n) is 5.52. The molecule has 3 rings (SSSR count). The van der Waals surface area contributed by atoms with Crippen LogP contribution in [0.4, 0.5) is 5.95 Å². The van der Waals surface area contributed by atoms with Crippen LogP contribution in [0.15, 0.2) is 30.5 Å². The van der Waals surface area contributed by atoms with Crippen molar-refractivity contribution in [3.05, 3.63) is 47.3 Å². The minimum atomic E-state index is 0.0944. The number of rotatable bonds is 4. The summed E-state index contributed by atoms with van der Waals surface area (Å²) in [5.74, 6) is 1.17. The standard InChI is InChI=1S/C17H20N4O2/c1-2-23-14-5-3-12(4-6-14)9-16(22)21-8-7-13-10-19-17(18)20-15(13)11-21/h3-6,10H,2,7-9,11H2,1H3,(H2,18,19,20). The van der Waals surface area contributed by atoms with Gasteiger partial charge in [-0.3, -0.25) is 4.79 Å². The molecule has 23 heavy (non-hydrogen) atoms. The number of nitrogens with zero attached hydrogens (tertiary/aromatic N) is 3. The summed E-state index contributed by atoms with van der Waals surface area (Å²) < 4.78 is 5.41. The molecule has 1 aliphatic rings. The Morgan fingerprint density at radius 1 is 1.35 bits per heavy atom. The van der Waals surface area contributed by atoms with Gasteiger partial charge in [0.2, 0.25) is 11.9 Å².